The Morgan fingerprint density at radius 3 is 2.68 bits per heavy atom. The van der Waals surface area contributed by atoms with E-state index in [2.05, 4.69) is 27.8 Å². The zero-order chi connectivity index (χ0) is 21.3. The second kappa shape index (κ2) is 10.6. The maximum Gasteiger partial charge on any atom is 0.264 e. The predicted octanol–water partition coefficient (Wildman–Crippen LogP) is 5.87. The Balaban J connectivity index is 0.00000272. The van der Waals surface area contributed by atoms with Gasteiger partial charge < -0.3 is 15.4 Å². The summed E-state index contributed by atoms with van der Waals surface area (Å²) >= 11 is 4.96. The lowest BCUT2D eigenvalue weighted by molar-refractivity contribution is 0.0575. The number of hydrogen-bond donors (Lipinski definition) is 1. The number of carbonyl (C=O) groups is 1. The van der Waals surface area contributed by atoms with Crippen LogP contribution in [0.5, 0.6) is 5.75 Å². The Labute approximate surface area is 201 Å². The molecular weight excluding hydrogens is 503 g/mol. The lowest BCUT2D eigenvalue weighted by atomic mass is 9.84. The van der Waals surface area contributed by atoms with E-state index in [1.54, 1.807) is 6.07 Å². The normalized spacial score (nSPS) is 23.4. The molecule has 3 atom stereocenters. The number of carbonyl (C=O) groups excluding carboxylic acids is 1. The van der Waals surface area contributed by atoms with Gasteiger partial charge in [-0.1, -0.05) is 35.0 Å². The van der Waals surface area contributed by atoms with E-state index in [-0.39, 0.29) is 42.1 Å². The van der Waals surface area contributed by atoms with Crippen LogP contribution in [0, 0.1) is 5.82 Å². The number of fused-ring (bicyclic) bond motifs is 2. The topological polar surface area (TPSA) is 55.6 Å². The summed E-state index contributed by atoms with van der Waals surface area (Å²) in [5.74, 6) is 0.839. The van der Waals surface area contributed by atoms with Crippen LogP contribution in [0.15, 0.2) is 29.6 Å². The molecule has 4 nitrogen and oxygen atoms in total. The van der Waals surface area contributed by atoms with Gasteiger partial charge in [0.15, 0.2) is 0 Å². The third-order valence-corrected chi connectivity index (χ3v) is 7.63. The third kappa shape index (κ3) is 5.44. The minimum atomic E-state index is -0.158. The van der Waals surface area contributed by atoms with Crippen molar-refractivity contribution in [2.45, 2.75) is 68.4 Å². The predicted molar refractivity (Wildman–Crippen MR) is 129 cm³/mol. The molecule has 0 spiro atoms. The van der Waals surface area contributed by atoms with Gasteiger partial charge in [-0.15, -0.1) is 23.7 Å². The van der Waals surface area contributed by atoms with Crippen molar-refractivity contribution in [3.8, 4) is 5.75 Å². The number of alkyl halides is 1. The van der Waals surface area contributed by atoms with Gasteiger partial charge >= 0.3 is 0 Å². The van der Waals surface area contributed by atoms with E-state index in [0.717, 1.165) is 53.9 Å². The van der Waals surface area contributed by atoms with Gasteiger partial charge in [0.05, 0.1) is 11.5 Å². The van der Waals surface area contributed by atoms with Crippen LogP contribution in [-0.4, -0.2) is 34.3 Å². The Morgan fingerprint density at radius 2 is 2.03 bits per heavy atom. The molecule has 2 aliphatic heterocycles. The van der Waals surface area contributed by atoms with Crippen molar-refractivity contribution < 1.29 is 13.9 Å². The molecule has 2 aliphatic rings. The number of halogens is 3. The van der Waals surface area contributed by atoms with Crippen molar-refractivity contribution in [1.82, 2.24) is 4.90 Å². The van der Waals surface area contributed by atoms with Gasteiger partial charge in [-0.25, -0.2) is 4.39 Å². The number of rotatable bonds is 7. The molecule has 0 radical (unpaired) electrons. The molecule has 1 amide bonds. The fourth-order valence-corrected chi connectivity index (χ4v) is 5.73. The fraction of sp³-hybridized carbons (Fsp3) is 0.522. The molecule has 3 heterocycles. The van der Waals surface area contributed by atoms with Gasteiger partial charge in [-0.2, -0.15) is 0 Å². The highest BCUT2D eigenvalue weighted by molar-refractivity contribution is 9.09. The first-order chi connectivity index (χ1) is 14.5. The van der Waals surface area contributed by atoms with Crippen molar-refractivity contribution in [2.75, 3.05) is 6.61 Å². The van der Waals surface area contributed by atoms with Crippen LogP contribution >= 0.6 is 39.7 Å². The number of hydrogen-bond acceptors (Lipinski definition) is 4. The van der Waals surface area contributed by atoms with E-state index in [4.69, 9.17) is 10.5 Å². The van der Waals surface area contributed by atoms with Gasteiger partial charge in [0, 0.05) is 34.9 Å². The zero-order valence-corrected chi connectivity index (χ0v) is 20.8. The van der Waals surface area contributed by atoms with Crippen molar-refractivity contribution in [3.63, 3.8) is 0 Å². The lowest BCUT2D eigenvalue weighted by Gasteiger charge is -2.39. The van der Waals surface area contributed by atoms with E-state index in [0.29, 0.717) is 18.0 Å². The van der Waals surface area contributed by atoms with E-state index in [9.17, 15) is 9.18 Å². The van der Waals surface area contributed by atoms with Crippen LogP contribution in [-0.2, 0) is 6.54 Å². The quantitative estimate of drug-likeness (QED) is 0.455. The molecule has 4 rings (SSSR count). The van der Waals surface area contributed by atoms with Crippen LogP contribution in [0.2, 0.25) is 0 Å². The van der Waals surface area contributed by atoms with Crippen molar-refractivity contribution in [3.05, 3.63) is 51.5 Å². The molecular formula is C23H29BrClFN2O2S. The molecule has 2 saturated heterocycles. The molecule has 0 saturated carbocycles. The Morgan fingerprint density at radius 1 is 1.32 bits per heavy atom. The van der Waals surface area contributed by atoms with Gasteiger partial charge in [0.2, 0.25) is 0 Å². The second-order valence-corrected chi connectivity index (χ2v) is 10.9. The summed E-state index contributed by atoms with van der Waals surface area (Å²) < 4.78 is 20.3. The number of piperidine rings is 1. The Kier molecular flexibility index (Phi) is 8.41. The number of nitrogens with two attached hydrogens (primary N) is 1. The van der Waals surface area contributed by atoms with Crippen molar-refractivity contribution >= 4 is 45.6 Å². The van der Waals surface area contributed by atoms with Crippen molar-refractivity contribution in [2.24, 2.45) is 5.73 Å². The largest absolute Gasteiger partial charge is 0.493 e. The zero-order valence-electron chi connectivity index (χ0n) is 17.6. The SMILES string of the molecule is CC(Br)CCOc1csc(C(=O)N2C3CCC2CC(c2cc(CN)ccc2F)C3)c1.Cl. The van der Waals surface area contributed by atoms with Gasteiger partial charge in [0.25, 0.3) is 5.91 Å². The third-order valence-electron chi connectivity index (χ3n) is 6.27. The molecule has 1 aromatic carbocycles. The van der Waals surface area contributed by atoms with E-state index < -0.39 is 0 Å². The summed E-state index contributed by atoms with van der Waals surface area (Å²) in [6, 6.07) is 7.39. The van der Waals surface area contributed by atoms with Crippen LogP contribution in [0.4, 0.5) is 4.39 Å². The molecule has 3 unspecified atom stereocenters. The van der Waals surface area contributed by atoms with Gasteiger partial charge in [0.1, 0.15) is 11.6 Å². The first kappa shape index (κ1) is 24.5. The standard InChI is InChI=1S/C23H28BrFN2O2S.ClH/c1-14(24)6-7-29-19-11-22(30-13-19)23(28)27-17-3-4-18(27)10-16(9-17)20-8-15(12-26)2-5-21(20)25;/h2,5,8,11,13-14,16-18H,3-4,6-7,9-10,12,26H2,1H3;1H. The molecule has 2 aromatic rings. The summed E-state index contributed by atoms with van der Waals surface area (Å²) in [6.07, 6.45) is 4.51. The molecule has 31 heavy (non-hydrogen) atoms. The highest BCUT2D eigenvalue weighted by Crippen LogP contribution is 2.45. The highest BCUT2D eigenvalue weighted by Gasteiger charge is 2.44. The first-order valence-corrected chi connectivity index (χ1v) is 12.4. The molecule has 2 fully saturated rings. The lowest BCUT2D eigenvalue weighted by Crippen LogP contribution is -2.45. The molecule has 8 heteroatoms. The molecule has 2 bridgehead atoms. The van der Waals surface area contributed by atoms with Gasteiger partial charge in [-0.3, -0.25) is 4.79 Å². The molecule has 170 valence electrons. The van der Waals surface area contributed by atoms with Crippen LogP contribution in [0.3, 0.4) is 0 Å². The van der Waals surface area contributed by atoms with Crippen LogP contribution in [0.25, 0.3) is 0 Å². The summed E-state index contributed by atoms with van der Waals surface area (Å²) in [4.78, 5) is 16.4. The average Bonchev–Trinajstić information content (AvgIpc) is 3.30. The molecule has 1 aromatic heterocycles. The maximum absolute atomic E-state index is 14.5. The Bertz CT molecular complexity index is 895. The second-order valence-electron chi connectivity index (χ2n) is 8.39. The number of amides is 1. The maximum atomic E-state index is 14.5. The number of thiophene rings is 1. The number of benzene rings is 1. The van der Waals surface area contributed by atoms with Gasteiger partial charge in [-0.05, 0) is 55.2 Å². The van der Waals surface area contributed by atoms with Crippen LogP contribution < -0.4 is 10.5 Å². The number of ether oxygens (including phenoxy) is 1. The minimum Gasteiger partial charge on any atom is -0.493 e. The van der Waals surface area contributed by atoms with E-state index >= 15 is 0 Å². The summed E-state index contributed by atoms with van der Waals surface area (Å²) in [5.41, 5.74) is 7.47. The van der Waals surface area contributed by atoms with Crippen LogP contribution in [0.1, 0.15) is 65.7 Å². The molecule has 2 N–H and O–H groups in total. The smallest absolute Gasteiger partial charge is 0.264 e. The Hall–Kier alpha value is -1.15. The summed E-state index contributed by atoms with van der Waals surface area (Å²) in [5, 5.41) is 1.91. The highest BCUT2D eigenvalue weighted by atomic mass is 79.9. The molecule has 0 aliphatic carbocycles. The average molecular weight is 532 g/mol. The minimum absolute atomic E-state index is 0. The first-order valence-electron chi connectivity index (χ1n) is 10.6. The number of nitrogens with zero attached hydrogens (tertiary/aromatic N) is 1. The summed E-state index contributed by atoms with van der Waals surface area (Å²) in [6.45, 7) is 3.12. The van der Waals surface area contributed by atoms with Crippen molar-refractivity contribution in [1.29, 1.82) is 0 Å². The van der Waals surface area contributed by atoms with E-state index in [1.165, 1.54) is 17.4 Å². The monoisotopic (exact) mass is 530 g/mol. The van der Waals surface area contributed by atoms with E-state index in [1.807, 2.05) is 17.5 Å². The fourth-order valence-electron chi connectivity index (χ4n) is 4.77. The summed E-state index contributed by atoms with van der Waals surface area (Å²) in [7, 11) is 0.